The normalized spacial score (nSPS) is 27.5. The number of carbonyl (C=O) groups excluding carboxylic acids is 1. The maximum absolute atomic E-state index is 14.1. The molecule has 48 heavy (non-hydrogen) atoms. The van der Waals surface area contributed by atoms with Crippen LogP contribution in [-0.4, -0.2) is 71.3 Å². The van der Waals surface area contributed by atoms with Crippen LogP contribution in [-0.2, 0) is 29.2 Å². The van der Waals surface area contributed by atoms with Crippen molar-refractivity contribution >= 4 is 12.0 Å². The summed E-state index contributed by atoms with van der Waals surface area (Å²) in [5.74, 6) is 1.24. The van der Waals surface area contributed by atoms with Gasteiger partial charge >= 0.3 is 6.18 Å². The van der Waals surface area contributed by atoms with E-state index < -0.39 is 28.9 Å². The topological polar surface area (TPSA) is 62.2 Å². The highest BCUT2D eigenvalue weighted by molar-refractivity contribution is 5.92. The molecule has 2 heterocycles. The highest BCUT2D eigenvalue weighted by atomic mass is 19.4. The quantitative estimate of drug-likeness (QED) is 0.260. The largest absolute Gasteiger partial charge is 0.493 e. The molecule has 1 saturated heterocycles. The predicted octanol–water partition coefficient (Wildman–Crippen LogP) is 6.68. The number of ether oxygens (including phenoxy) is 2. The Morgan fingerprint density at radius 3 is 2.54 bits per heavy atom. The Morgan fingerprint density at radius 2 is 1.85 bits per heavy atom. The van der Waals surface area contributed by atoms with Crippen LogP contribution in [0.2, 0.25) is 0 Å². The van der Waals surface area contributed by atoms with Crippen LogP contribution in [0.1, 0.15) is 60.9 Å². The lowest BCUT2D eigenvalue weighted by molar-refractivity contribution is -0.201. The van der Waals surface area contributed by atoms with Crippen LogP contribution < -0.4 is 9.47 Å². The van der Waals surface area contributed by atoms with E-state index in [2.05, 4.69) is 49.1 Å². The third kappa shape index (κ3) is 5.30. The van der Waals surface area contributed by atoms with Gasteiger partial charge in [0.15, 0.2) is 11.5 Å². The summed E-state index contributed by atoms with van der Waals surface area (Å²) in [6.07, 6.45) is 1.49. The number of alkyl halides is 3. The SMILES string of the molecule is COc1ccc2c3c1O[C@H]1[C@H](N(CC(C)C)C(=O)C=Cc4ccc(C(F)(F)F)cc4)CC[C@@]4(O)[C@@H](C2)N(CCc2ccccc2)CC[C@]314. The molecule has 2 fully saturated rings. The summed E-state index contributed by atoms with van der Waals surface area (Å²) in [6.45, 7) is 6.23. The molecule has 254 valence electrons. The third-order valence-corrected chi connectivity index (χ3v) is 11.2. The molecule has 1 spiro atoms. The Balaban J connectivity index is 1.23. The summed E-state index contributed by atoms with van der Waals surface area (Å²) < 4.78 is 52.0. The molecule has 1 N–H and O–H groups in total. The van der Waals surface area contributed by atoms with Crippen molar-refractivity contribution in [2.24, 2.45) is 5.92 Å². The zero-order valence-electron chi connectivity index (χ0n) is 27.7. The van der Waals surface area contributed by atoms with Crippen molar-refractivity contribution in [2.45, 2.75) is 81.3 Å². The van der Waals surface area contributed by atoms with Crippen LogP contribution in [0.15, 0.2) is 72.8 Å². The molecule has 3 aromatic rings. The zero-order chi connectivity index (χ0) is 33.8. The van der Waals surface area contributed by atoms with Gasteiger partial charge in [0.1, 0.15) is 6.10 Å². The van der Waals surface area contributed by atoms with Crippen LogP contribution in [0.25, 0.3) is 6.08 Å². The summed E-state index contributed by atoms with van der Waals surface area (Å²) in [5, 5.41) is 13.0. The van der Waals surface area contributed by atoms with Crippen molar-refractivity contribution in [3.8, 4) is 11.5 Å². The molecule has 1 saturated carbocycles. The van der Waals surface area contributed by atoms with Crippen LogP contribution in [0.5, 0.6) is 11.5 Å². The van der Waals surface area contributed by atoms with E-state index in [-0.39, 0.29) is 23.9 Å². The molecule has 6 nitrogen and oxygen atoms in total. The van der Waals surface area contributed by atoms with Crippen molar-refractivity contribution in [2.75, 3.05) is 26.7 Å². The molecule has 2 aliphatic heterocycles. The van der Waals surface area contributed by atoms with Crippen molar-refractivity contribution in [3.05, 3.63) is 101 Å². The standard InChI is InChI=1S/C39H43F3N2O4/c1-25(2)24-44(33(45)16-11-27-9-13-29(14-10-27)39(40,41)42)30-17-19-38(46)32-23-28-12-15-31(47-3)35-34(28)37(38,36(30)48-35)20-22-43(32)21-18-26-7-5-4-6-8-26/h4-16,25,30,32,36,46H,17-24H2,1-3H3/t30-,32-,36+,37+,38-/m1/s1. The summed E-state index contributed by atoms with van der Waals surface area (Å²) in [5.41, 5.74) is 1.48. The number of likely N-dealkylation sites (tertiary alicyclic amines) is 1. The number of hydrogen-bond donors (Lipinski definition) is 1. The number of rotatable bonds is 9. The fourth-order valence-corrected chi connectivity index (χ4v) is 9.09. The van der Waals surface area contributed by atoms with Gasteiger partial charge in [-0.25, -0.2) is 0 Å². The molecule has 0 radical (unpaired) electrons. The van der Waals surface area contributed by atoms with E-state index in [1.54, 1.807) is 13.2 Å². The minimum atomic E-state index is -4.42. The number of halogens is 3. The molecule has 3 aromatic carbocycles. The molecular weight excluding hydrogens is 617 g/mol. The number of carbonyl (C=O) groups is 1. The molecule has 2 aliphatic carbocycles. The molecule has 7 rings (SSSR count). The summed E-state index contributed by atoms with van der Waals surface area (Å²) in [7, 11) is 1.63. The highest BCUT2D eigenvalue weighted by Gasteiger charge is 2.73. The van der Waals surface area contributed by atoms with Crippen molar-refractivity contribution in [1.29, 1.82) is 0 Å². The van der Waals surface area contributed by atoms with Crippen molar-refractivity contribution in [1.82, 2.24) is 9.80 Å². The molecular formula is C39H43F3N2O4. The van der Waals surface area contributed by atoms with E-state index in [1.807, 2.05) is 17.0 Å². The van der Waals surface area contributed by atoms with E-state index in [9.17, 15) is 23.1 Å². The average molecular weight is 661 g/mol. The lowest BCUT2D eigenvalue weighted by Crippen LogP contribution is -2.78. The Kier molecular flexibility index (Phi) is 8.35. The predicted molar refractivity (Wildman–Crippen MR) is 178 cm³/mol. The van der Waals surface area contributed by atoms with Gasteiger partial charge in [0, 0.05) is 30.8 Å². The maximum Gasteiger partial charge on any atom is 0.416 e. The van der Waals surface area contributed by atoms with Gasteiger partial charge in [-0.15, -0.1) is 0 Å². The molecule has 9 heteroatoms. The Morgan fingerprint density at radius 1 is 1.10 bits per heavy atom. The van der Waals surface area contributed by atoms with E-state index in [1.165, 1.54) is 23.8 Å². The van der Waals surface area contributed by atoms with Gasteiger partial charge in [0.2, 0.25) is 5.91 Å². The van der Waals surface area contributed by atoms with E-state index >= 15 is 0 Å². The Bertz CT molecular complexity index is 1690. The fourth-order valence-electron chi connectivity index (χ4n) is 9.09. The van der Waals surface area contributed by atoms with Crippen LogP contribution >= 0.6 is 0 Å². The average Bonchev–Trinajstić information content (AvgIpc) is 3.42. The Labute approximate surface area is 280 Å². The Hall–Kier alpha value is -3.82. The van der Waals surface area contributed by atoms with Gasteiger partial charge in [-0.05, 0) is 85.5 Å². The van der Waals surface area contributed by atoms with Crippen LogP contribution in [0.3, 0.4) is 0 Å². The molecule has 4 aliphatic rings. The van der Waals surface area contributed by atoms with Gasteiger partial charge in [0.05, 0.1) is 29.7 Å². The molecule has 2 bridgehead atoms. The molecule has 0 aromatic heterocycles. The summed E-state index contributed by atoms with van der Waals surface area (Å²) in [4.78, 5) is 18.4. The highest BCUT2D eigenvalue weighted by Crippen LogP contribution is 2.66. The lowest BCUT2D eigenvalue weighted by atomic mass is 9.48. The number of amides is 1. The van der Waals surface area contributed by atoms with E-state index in [0.717, 1.165) is 42.8 Å². The fraction of sp³-hybridized carbons (Fsp3) is 0.462. The summed E-state index contributed by atoms with van der Waals surface area (Å²) in [6, 6.07) is 18.9. The smallest absolute Gasteiger partial charge is 0.416 e. The maximum atomic E-state index is 14.1. The van der Waals surface area contributed by atoms with E-state index in [4.69, 9.17) is 9.47 Å². The molecule has 0 unspecified atom stereocenters. The minimum absolute atomic E-state index is 0.0947. The monoisotopic (exact) mass is 660 g/mol. The van der Waals surface area contributed by atoms with Gasteiger partial charge in [-0.2, -0.15) is 13.2 Å². The number of benzene rings is 3. The second kappa shape index (κ2) is 12.3. The minimum Gasteiger partial charge on any atom is -0.493 e. The van der Waals surface area contributed by atoms with Crippen LogP contribution in [0, 0.1) is 5.92 Å². The molecule has 1 amide bonds. The van der Waals surface area contributed by atoms with E-state index in [0.29, 0.717) is 49.3 Å². The molecule has 5 atom stereocenters. The lowest BCUT2D eigenvalue weighted by Gasteiger charge is -2.65. The number of nitrogens with zero attached hydrogens (tertiary/aromatic N) is 2. The van der Waals surface area contributed by atoms with Crippen LogP contribution in [0.4, 0.5) is 13.2 Å². The van der Waals surface area contributed by atoms with Gasteiger partial charge in [-0.3, -0.25) is 9.69 Å². The van der Waals surface area contributed by atoms with Gasteiger partial charge in [-0.1, -0.05) is 62.4 Å². The van der Waals surface area contributed by atoms with Gasteiger partial charge < -0.3 is 19.5 Å². The zero-order valence-corrected chi connectivity index (χ0v) is 27.7. The summed E-state index contributed by atoms with van der Waals surface area (Å²) >= 11 is 0. The van der Waals surface area contributed by atoms with Crippen molar-refractivity contribution in [3.63, 3.8) is 0 Å². The number of hydrogen-bond acceptors (Lipinski definition) is 5. The first-order valence-corrected chi connectivity index (χ1v) is 17.0. The first-order valence-electron chi connectivity index (χ1n) is 17.0. The second-order valence-corrected chi connectivity index (χ2v) is 14.3. The number of aliphatic hydroxyl groups is 1. The van der Waals surface area contributed by atoms with Gasteiger partial charge in [0.25, 0.3) is 0 Å². The first-order chi connectivity index (χ1) is 23.0. The number of methoxy groups -OCH3 is 1. The third-order valence-electron chi connectivity index (χ3n) is 11.2. The van der Waals surface area contributed by atoms with Crippen molar-refractivity contribution < 1.29 is 32.5 Å². The number of piperidine rings is 1. The second-order valence-electron chi connectivity index (χ2n) is 14.3. The first kappa shape index (κ1) is 32.7.